The van der Waals surface area contributed by atoms with Gasteiger partial charge in [-0.3, -0.25) is 0 Å². The second kappa shape index (κ2) is 3.38. The third-order valence-corrected chi connectivity index (χ3v) is 4.65. The zero-order valence-electron chi connectivity index (χ0n) is 7.70. The van der Waals surface area contributed by atoms with E-state index in [2.05, 4.69) is 0 Å². The van der Waals surface area contributed by atoms with Crippen molar-refractivity contribution in [1.29, 1.82) is 0 Å². The van der Waals surface area contributed by atoms with Gasteiger partial charge in [-0.15, -0.1) is 11.6 Å². The zero-order chi connectivity index (χ0) is 10.3. The number of hydrogen-bond acceptors (Lipinski definition) is 3. The molecular weight excluding hydrogens is 214 g/mol. The van der Waals surface area contributed by atoms with Crippen molar-refractivity contribution >= 4 is 21.6 Å². The van der Waals surface area contributed by atoms with Crippen LogP contribution in [-0.4, -0.2) is 41.7 Å². The molecule has 1 N–H and O–H groups in total. The average Bonchev–Trinajstić information content (AvgIpc) is 1.98. The van der Waals surface area contributed by atoms with Crippen molar-refractivity contribution in [2.45, 2.75) is 19.4 Å². The Bertz CT molecular complexity index is 282. The van der Waals surface area contributed by atoms with Crippen molar-refractivity contribution in [1.82, 2.24) is 4.31 Å². The van der Waals surface area contributed by atoms with E-state index in [0.717, 1.165) is 0 Å². The molecule has 6 heteroatoms. The Morgan fingerprint density at radius 3 is 2.31 bits per heavy atom. The first-order valence-electron chi connectivity index (χ1n) is 4.08. The number of nitrogens with zero attached hydrogens (tertiary/aromatic N) is 1. The van der Waals surface area contributed by atoms with Gasteiger partial charge >= 0.3 is 0 Å². The predicted molar refractivity (Wildman–Crippen MR) is 51.0 cm³/mol. The predicted octanol–water partition coefficient (Wildman–Crippen LogP) is 0.215. The number of halogens is 1. The number of sulfonamides is 1. The summed E-state index contributed by atoms with van der Waals surface area (Å²) in [6.45, 7) is 4.06. The summed E-state index contributed by atoms with van der Waals surface area (Å²) in [7, 11) is -3.33. The molecule has 0 aliphatic carbocycles. The van der Waals surface area contributed by atoms with E-state index >= 15 is 0 Å². The maximum Gasteiger partial charge on any atom is 0.228 e. The highest BCUT2D eigenvalue weighted by molar-refractivity contribution is 7.90. The lowest BCUT2D eigenvalue weighted by Crippen LogP contribution is -2.65. The van der Waals surface area contributed by atoms with Crippen LogP contribution in [-0.2, 0) is 10.0 Å². The van der Waals surface area contributed by atoms with Crippen LogP contribution in [0.4, 0.5) is 0 Å². The fourth-order valence-corrected chi connectivity index (χ4v) is 2.59. The average molecular weight is 228 g/mol. The summed E-state index contributed by atoms with van der Waals surface area (Å²) in [4.78, 5) is 0. The summed E-state index contributed by atoms with van der Waals surface area (Å²) in [5.74, 6) is 0.0641. The lowest BCUT2D eigenvalue weighted by molar-refractivity contribution is -0.0930. The van der Waals surface area contributed by atoms with Crippen LogP contribution < -0.4 is 0 Å². The summed E-state index contributed by atoms with van der Waals surface area (Å²) in [5.41, 5.74) is -0.862. The molecule has 1 aliphatic rings. The van der Waals surface area contributed by atoms with Crippen LogP contribution in [0.15, 0.2) is 0 Å². The molecule has 1 fully saturated rings. The molecule has 0 bridgehead atoms. The van der Waals surface area contributed by atoms with Gasteiger partial charge in [0.25, 0.3) is 0 Å². The van der Waals surface area contributed by atoms with E-state index in [0.29, 0.717) is 0 Å². The Morgan fingerprint density at radius 1 is 1.54 bits per heavy atom. The minimum atomic E-state index is -3.33. The minimum Gasteiger partial charge on any atom is -0.387 e. The van der Waals surface area contributed by atoms with Gasteiger partial charge in [0.2, 0.25) is 10.0 Å². The summed E-state index contributed by atoms with van der Waals surface area (Å²) < 4.78 is 23.6. The van der Waals surface area contributed by atoms with E-state index in [-0.39, 0.29) is 19.0 Å². The van der Waals surface area contributed by atoms with Crippen LogP contribution in [0, 0.1) is 5.92 Å². The number of hydrogen-bond donors (Lipinski definition) is 1. The quantitative estimate of drug-likeness (QED) is 0.702. The second-order valence-electron chi connectivity index (χ2n) is 3.75. The Labute approximate surface area is 83.5 Å². The van der Waals surface area contributed by atoms with Crippen molar-refractivity contribution in [2.75, 3.05) is 18.3 Å². The summed E-state index contributed by atoms with van der Waals surface area (Å²) >= 11 is 5.26. The third-order valence-electron chi connectivity index (χ3n) is 2.51. The monoisotopic (exact) mass is 227 g/mol. The first-order chi connectivity index (χ1) is 5.82. The SMILES string of the molecule is CC(C)C1(O)CN(S(=O)(=O)CCl)C1. The summed E-state index contributed by atoms with van der Waals surface area (Å²) in [6.07, 6.45) is 0. The Balaban J connectivity index is 2.60. The molecule has 1 rings (SSSR count). The van der Waals surface area contributed by atoms with E-state index in [1.165, 1.54) is 4.31 Å². The normalized spacial score (nSPS) is 23.2. The van der Waals surface area contributed by atoms with Gasteiger partial charge in [0.1, 0.15) is 5.21 Å². The van der Waals surface area contributed by atoms with Gasteiger partial charge in [-0.25, -0.2) is 8.42 Å². The maximum atomic E-state index is 11.2. The van der Waals surface area contributed by atoms with Gasteiger partial charge in [0.15, 0.2) is 0 Å². The molecule has 78 valence electrons. The van der Waals surface area contributed by atoms with E-state index in [9.17, 15) is 13.5 Å². The zero-order valence-corrected chi connectivity index (χ0v) is 9.27. The summed E-state index contributed by atoms with van der Waals surface area (Å²) in [5, 5.41) is 9.35. The lowest BCUT2D eigenvalue weighted by Gasteiger charge is -2.47. The molecule has 1 saturated heterocycles. The summed E-state index contributed by atoms with van der Waals surface area (Å²) in [6, 6.07) is 0. The van der Waals surface area contributed by atoms with Crippen LogP contribution in [0.1, 0.15) is 13.8 Å². The molecule has 1 heterocycles. The third kappa shape index (κ3) is 1.98. The van der Waals surface area contributed by atoms with Crippen LogP contribution in [0.5, 0.6) is 0 Å². The van der Waals surface area contributed by atoms with E-state index in [1.807, 2.05) is 13.8 Å². The van der Waals surface area contributed by atoms with Crippen molar-refractivity contribution < 1.29 is 13.5 Å². The topological polar surface area (TPSA) is 57.6 Å². The van der Waals surface area contributed by atoms with Crippen LogP contribution in [0.3, 0.4) is 0 Å². The van der Waals surface area contributed by atoms with Crippen molar-refractivity contribution in [3.63, 3.8) is 0 Å². The minimum absolute atomic E-state index is 0.0641. The number of aliphatic hydroxyl groups is 1. The first kappa shape index (κ1) is 11.2. The Hall–Kier alpha value is 0.160. The van der Waals surface area contributed by atoms with E-state index < -0.39 is 20.8 Å². The molecule has 0 radical (unpaired) electrons. The Kier molecular flexibility index (Phi) is 2.92. The number of β-amino-alcohol motifs (C(OH)–C–C–N with tert-alkyl or cyclic N) is 1. The molecule has 0 spiro atoms. The van der Waals surface area contributed by atoms with Crippen LogP contribution in [0.2, 0.25) is 0 Å². The fourth-order valence-electron chi connectivity index (χ4n) is 1.20. The van der Waals surface area contributed by atoms with Gasteiger partial charge in [-0.05, 0) is 5.92 Å². The van der Waals surface area contributed by atoms with E-state index in [1.54, 1.807) is 0 Å². The van der Waals surface area contributed by atoms with Crippen LogP contribution in [0.25, 0.3) is 0 Å². The van der Waals surface area contributed by atoms with Gasteiger partial charge in [0, 0.05) is 13.1 Å². The molecule has 0 saturated carbocycles. The smallest absolute Gasteiger partial charge is 0.228 e. The van der Waals surface area contributed by atoms with Gasteiger partial charge in [0.05, 0.1) is 5.60 Å². The van der Waals surface area contributed by atoms with Crippen molar-refractivity contribution in [3.05, 3.63) is 0 Å². The molecule has 13 heavy (non-hydrogen) atoms. The molecular formula is C7H14ClNO3S. The fraction of sp³-hybridized carbons (Fsp3) is 1.00. The highest BCUT2D eigenvalue weighted by Crippen LogP contribution is 2.30. The van der Waals surface area contributed by atoms with Gasteiger partial charge in [-0.1, -0.05) is 13.8 Å². The standard InChI is InChI=1S/C7H14ClNO3S/c1-6(2)7(10)3-9(4-7)13(11,12)5-8/h6,10H,3-5H2,1-2H3. The highest BCUT2D eigenvalue weighted by atomic mass is 35.5. The van der Waals surface area contributed by atoms with E-state index in [4.69, 9.17) is 11.6 Å². The molecule has 4 nitrogen and oxygen atoms in total. The molecule has 0 atom stereocenters. The maximum absolute atomic E-state index is 11.2. The molecule has 0 aromatic rings. The molecule has 0 unspecified atom stereocenters. The van der Waals surface area contributed by atoms with Gasteiger partial charge in [-0.2, -0.15) is 4.31 Å². The largest absolute Gasteiger partial charge is 0.387 e. The molecule has 0 aromatic heterocycles. The Morgan fingerprint density at radius 2 is 2.00 bits per heavy atom. The van der Waals surface area contributed by atoms with Gasteiger partial charge < -0.3 is 5.11 Å². The lowest BCUT2D eigenvalue weighted by atomic mass is 9.85. The van der Waals surface area contributed by atoms with Crippen molar-refractivity contribution in [3.8, 4) is 0 Å². The molecule has 0 aromatic carbocycles. The van der Waals surface area contributed by atoms with Crippen LogP contribution >= 0.6 is 11.6 Å². The first-order valence-corrected chi connectivity index (χ1v) is 6.22. The number of alkyl halides is 1. The molecule has 1 aliphatic heterocycles. The second-order valence-corrected chi connectivity index (χ2v) is 6.30. The molecule has 0 amide bonds. The highest BCUT2D eigenvalue weighted by Gasteiger charge is 2.48. The number of rotatable bonds is 3. The van der Waals surface area contributed by atoms with Crippen molar-refractivity contribution in [2.24, 2.45) is 5.92 Å².